The summed E-state index contributed by atoms with van der Waals surface area (Å²) >= 11 is 0. The van der Waals surface area contributed by atoms with E-state index >= 15 is 0 Å². The van der Waals surface area contributed by atoms with E-state index in [0.717, 1.165) is 11.1 Å². The third-order valence-electron chi connectivity index (χ3n) is 3.73. The molecule has 0 atom stereocenters. The number of hydrogen-bond donors (Lipinski definition) is 1. The highest BCUT2D eigenvalue weighted by Gasteiger charge is 2.13. The van der Waals surface area contributed by atoms with Crippen LogP contribution in [-0.2, 0) is 16.1 Å². The molecule has 8 heteroatoms. The molecule has 2 aromatic carbocycles. The Labute approximate surface area is 161 Å². The van der Waals surface area contributed by atoms with Gasteiger partial charge in [0.1, 0.15) is 0 Å². The molecular formula is C20H21F2NO5. The van der Waals surface area contributed by atoms with Gasteiger partial charge in [0, 0.05) is 6.54 Å². The Morgan fingerprint density at radius 1 is 1.04 bits per heavy atom. The molecule has 0 aliphatic carbocycles. The zero-order valence-electron chi connectivity index (χ0n) is 15.8. The number of carbonyl (C=O) groups excluding carboxylic acids is 2. The number of alkyl halides is 2. The van der Waals surface area contributed by atoms with Gasteiger partial charge < -0.3 is 19.5 Å². The Bertz CT molecular complexity index is 834. The second kappa shape index (κ2) is 9.68. The molecule has 0 aromatic heterocycles. The molecule has 1 N–H and O–H groups in total. The first-order chi connectivity index (χ1) is 13.3. The number of carbonyl (C=O) groups is 2. The zero-order chi connectivity index (χ0) is 20.7. The number of benzene rings is 2. The lowest BCUT2D eigenvalue weighted by Gasteiger charge is -2.12. The van der Waals surface area contributed by atoms with E-state index in [9.17, 15) is 18.4 Å². The molecular weight excluding hydrogens is 372 g/mol. The summed E-state index contributed by atoms with van der Waals surface area (Å²) in [6, 6.07) is 9.61. The standard InChI is InChI=1S/C20H21F2NO5/c1-12-6-13(2)8-15(7-12)19(25)27-11-18(24)23-10-14-4-5-16(28-20(21)22)17(9-14)26-3/h4-9,20H,10-11H2,1-3H3,(H,23,24). The van der Waals surface area contributed by atoms with E-state index in [1.54, 1.807) is 12.1 Å². The smallest absolute Gasteiger partial charge is 0.387 e. The summed E-state index contributed by atoms with van der Waals surface area (Å²) in [6.45, 7) is 0.428. The second-order valence-corrected chi connectivity index (χ2v) is 6.09. The molecule has 0 heterocycles. The molecule has 150 valence electrons. The number of esters is 1. The number of halogens is 2. The van der Waals surface area contributed by atoms with Crippen molar-refractivity contribution in [1.82, 2.24) is 5.32 Å². The molecule has 0 unspecified atom stereocenters. The van der Waals surface area contributed by atoms with Crippen molar-refractivity contribution in [2.24, 2.45) is 0 Å². The predicted octanol–water partition coefficient (Wildman–Crippen LogP) is 3.39. The van der Waals surface area contributed by atoms with Gasteiger partial charge >= 0.3 is 12.6 Å². The summed E-state index contributed by atoms with van der Waals surface area (Å²) in [5, 5.41) is 2.58. The van der Waals surface area contributed by atoms with Crippen molar-refractivity contribution >= 4 is 11.9 Å². The Balaban J connectivity index is 1.87. The summed E-state index contributed by atoms with van der Waals surface area (Å²) < 4.78 is 39.0. The maximum Gasteiger partial charge on any atom is 0.387 e. The fraction of sp³-hybridized carbons (Fsp3) is 0.300. The maximum atomic E-state index is 12.3. The molecule has 6 nitrogen and oxygen atoms in total. The van der Waals surface area contributed by atoms with Crippen molar-refractivity contribution < 1.29 is 32.6 Å². The highest BCUT2D eigenvalue weighted by molar-refractivity contribution is 5.91. The second-order valence-electron chi connectivity index (χ2n) is 6.09. The van der Waals surface area contributed by atoms with Crippen molar-refractivity contribution in [2.75, 3.05) is 13.7 Å². The van der Waals surface area contributed by atoms with Crippen LogP contribution in [0.2, 0.25) is 0 Å². The van der Waals surface area contributed by atoms with Crippen LogP contribution >= 0.6 is 0 Å². The minimum Gasteiger partial charge on any atom is -0.493 e. The van der Waals surface area contributed by atoms with Crippen LogP contribution in [0.4, 0.5) is 8.78 Å². The van der Waals surface area contributed by atoms with Gasteiger partial charge in [-0.15, -0.1) is 0 Å². The predicted molar refractivity (Wildman–Crippen MR) is 97.7 cm³/mol. The molecule has 2 rings (SSSR count). The Morgan fingerprint density at radius 2 is 1.71 bits per heavy atom. The third-order valence-corrected chi connectivity index (χ3v) is 3.73. The van der Waals surface area contributed by atoms with Crippen molar-refractivity contribution in [3.8, 4) is 11.5 Å². The molecule has 0 saturated carbocycles. The largest absolute Gasteiger partial charge is 0.493 e. The van der Waals surface area contributed by atoms with E-state index in [1.807, 2.05) is 19.9 Å². The number of rotatable bonds is 8. The van der Waals surface area contributed by atoms with Gasteiger partial charge in [-0.25, -0.2) is 4.79 Å². The molecule has 0 spiro atoms. The van der Waals surface area contributed by atoms with E-state index < -0.39 is 25.1 Å². The number of ether oxygens (including phenoxy) is 3. The van der Waals surface area contributed by atoms with Crippen LogP contribution in [-0.4, -0.2) is 32.2 Å². The van der Waals surface area contributed by atoms with E-state index in [2.05, 4.69) is 10.1 Å². The first-order valence-corrected chi connectivity index (χ1v) is 8.42. The normalized spacial score (nSPS) is 10.5. The average Bonchev–Trinajstić information content (AvgIpc) is 2.64. The summed E-state index contributed by atoms with van der Waals surface area (Å²) in [6.07, 6.45) is 0. The number of amides is 1. The summed E-state index contributed by atoms with van der Waals surface area (Å²) in [5.41, 5.74) is 2.83. The Morgan fingerprint density at radius 3 is 2.32 bits per heavy atom. The fourth-order valence-corrected chi connectivity index (χ4v) is 2.57. The van der Waals surface area contributed by atoms with Gasteiger partial charge in [0.05, 0.1) is 12.7 Å². The van der Waals surface area contributed by atoms with Crippen molar-refractivity contribution in [3.63, 3.8) is 0 Å². The van der Waals surface area contributed by atoms with Crippen LogP contribution < -0.4 is 14.8 Å². The fourth-order valence-electron chi connectivity index (χ4n) is 2.57. The van der Waals surface area contributed by atoms with Gasteiger partial charge in [0.15, 0.2) is 18.1 Å². The van der Waals surface area contributed by atoms with Gasteiger partial charge in [-0.3, -0.25) is 4.79 Å². The lowest BCUT2D eigenvalue weighted by molar-refractivity contribution is -0.124. The third kappa shape index (κ3) is 6.22. The maximum absolute atomic E-state index is 12.3. The first kappa shape index (κ1) is 21.1. The van der Waals surface area contributed by atoms with E-state index in [4.69, 9.17) is 9.47 Å². The average molecular weight is 393 g/mol. The highest BCUT2D eigenvalue weighted by atomic mass is 19.3. The van der Waals surface area contributed by atoms with Crippen LogP contribution in [0.5, 0.6) is 11.5 Å². The van der Waals surface area contributed by atoms with E-state index in [0.29, 0.717) is 11.1 Å². The summed E-state index contributed by atoms with van der Waals surface area (Å²) in [7, 11) is 1.32. The summed E-state index contributed by atoms with van der Waals surface area (Å²) in [4.78, 5) is 24.0. The van der Waals surface area contributed by atoms with Crippen molar-refractivity contribution in [1.29, 1.82) is 0 Å². The zero-order valence-corrected chi connectivity index (χ0v) is 15.8. The molecule has 2 aromatic rings. The number of aryl methyl sites for hydroxylation is 2. The van der Waals surface area contributed by atoms with Crippen molar-refractivity contribution in [2.45, 2.75) is 27.0 Å². The van der Waals surface area contributed by atoms with Crippen LogP contribution in [0.25, 0.3) is 0 Å². The van der Waals surface area contributed by atoms with Gasteiger partial charge in [0.2, 0.25) is 0 Å². The lowest BCUT2D eigenvalue weighted by atomic mass is 10.1. The lowest BCUT2D eigenvalue weighted by Crippen LogP contribution is -2.28. The molecule has 0 radical (unpaired) electrons. The SMILES string of the molecule is COc1cc(CNC(=O)COC(=O)c2cc(C)cc(C)c2)ccc1OC(F)F. The van der Waals surface area contributed by atoms with Gasteiger partial charge in [-0.05, 0) is 43.7 Å². The highest BCUT2D eigenvalue weighted by Crippen LogP contribution is 2.29. The Hall–Kier alpha value is -3.16. The van der Waals surface area contributed by atoms with E-state index in [1.165, 1.54) is 25.3 Å². The van der Waals surface area contributed by atoms with Crippen LogP contribution in [0.3, 0.4) is 0 Å². The quantitative estimate of drug-likeness (QED) is 0.696. The molecule has 0 aliphatic rings. The van der Waals surface area contributed by atoms with Gasteiger partial charge in [-0.2, -0.15) is 8.78 Å². The first-order valence-electron chi connectivity index (χ1n) is 8.42. The van der Waals surface area contributed by atoms with Crippen LogP contribution in [0.15, 0.2) is 36.4 Å². The molecule has 1 amide bonds. The molecule has 28 heavy (non-hydrogen) atoms. The monoisotopic (exact) mass is 393 g/mol. The molecule has 0 fully saturated rings. The summed E-state index contributed by atoms with van der Waals surface area (Å²) in [5.74, 6) is -1.06. The van der Waals surface area contributed by atoms with Crippen LogP contribution in [0, 0.1) is 13.8 Å². The minimum atomic E-state index is -2.97. The molecule has 0 bridgehead atoms. The molecule has 0 aliphatic heterocycles. The van der Waals surface area contributed by atoms with Gasteiger partial charge in [0.25, 0.3) is 5.91 Å². The van der Waals surface area contributed by atoms with E-state index in [-0.39, 0.29) is 18.0 Å². The van der Waals surface area contributed by atoms with Crippen LogP contribution in [0.1, 0.15) is 27.0 Å². The minimum absolute atomic E-state index is 0.102. The topological polar surface area (TPSA) is 73.9 Å². The Kier molecular flexibility index (Phi) is 7.31. The van der Waals surface area contributed by atoms with Gasteiger partial charge in [-0.1, -0.05) is 23.3 Å². The van der Waals surface area contributed by atoms with Crippen molar-refractivity contribution in [3.05, 3.63) is 58.7 Å². The number of hydrogen-bond acceptors (Lipinski definition) is 5. The number of methoxy groups -OCH3 is 1. The number of nitrogens with one attached hydrogen (secondary N) is 1. The molecule has 0 saturated heterocycles.